The summed E-state index contributed by atoms with van der Waals surface area (Å²) in [6, 6.07) is 6.36. The average molecular weight is 288 g/mol. The first-order valence-corrected chi connectivity index (χ1v) is 7.19. The molecule has 0 spiro atoms. The molecule has 21 heavy (non-hydrogen) atoms. The number of rotatable bonds is 3. The van der Waals surface area contributed by atoms with E-state index in [0.29, 0.717) is 26.4 Å². The molecule has 1 fully saturated rings. The summed E-state index contributed by atoms with van der Waals surface area (Å²) in [4.78, 5) is 15.3. The van der Waals surface area contributed by atoms with Gasteiger partial charge in [-0.15, -0.1) is 0 Å². The van der Waals surface area contributed by atoms with Gasteiger partial charge in [-0.1, -0.05) is 0 Å². The van der Waals surface area contributed by atoms with Crippen molar-refractivity contribution in [1.82, 2.24) is 10.3 Å². The van der Waals surface area contributed by atoms with Crippen molar-refractivity contribution in [1.29, 1.82) is 0 Å². The quantitative estimate of drug-likeness (QED) is 0.905. The Labute approximate surface area is 123 Å². The number of hydrogen-bond acceptors (Lipinski definition) is 3. The zero-order chi connectivity index (χ0) is 14.8. The number of benzene rings is 1. The Hall–Kier alpha value is -1.85. The minimum absolute atomic E-state index is 0.124. The van der Waals surface area contributed by atoms with Crippen molar-refractivity contribution >= 4 is 16.8 Å². The lowest BCUT2D eigenvalue weighted by Crippen LogP contribution is -2.42. The van der Waals surface area contributed by atoms with Gasteiger partial charge in [0.1, 0.15) is 0 Å². The number of aryl methyl sites for hydroxylation is 2. The second kappa shape index (κ2) is 5.87. The fourth-order valence-electron chi connectivity index (χ4n) is 2.49. The predicted octanol–water partition coefficient (Wildman–Crippen LogP) is 1.82. The summed E-state index contributed by atoms with van der Waals surface area (Å²) >= 11 is 0. The SMILES string of the molecule is Cc1cc2cc(CNC(=O)C3COCCO3)[nH]c2cc1C. The van der Waals surface area contributed by atoms with Gasteiger partial charge in [-0.25, -0.2) is 0 Å². The van der Waals surface area contributed by atoms with Crippen LogP contribution in [0.2, 0.25) is 0 Å². The predicted molar refractivity (Wildman–Crippen MR) is 80.2 cm³/mol. The number of carbonyl (C=O) groups is 1. The number of hydrogen-bond donors (Lipinski definition) is 2. The van der Waals surface area contributed by atoms with E-state index in [1.54, 1.807) is 0 Å². The van der Waals surface area contributed by atoms with Crippen LogP contribution >= 0.6 is 0 Å². The molecule has 0 saturated carbocycles. The van der Waals surface area contributed by atoms with Crippen LogP contribution in [0.1, 0.15) is 16.8 Å². The van der Waals surface area contributed by atoms with Gasteiger partial charge in [0, 0.05) is 11.2 Å². The van der Waals surface area contributed by atoms with E-state index < -0.39 is 6.10 Å². The maximum Gasteiger partial charge on any atom is 0.251 e. The van der Waals surface area contributed by atoms with Gasteiger partial charge in [-0.3, -0.25) is 4.79 Å². The number of aromatic nitrogens is 1. The molecule has 1 amide bonds. The molecule has 1 aromatic carbocycles. The summed E-state index contributed by atoms with van der Waals surface area (Å²) in [7, 11) is 0. The van der Waals surface area contributed by atoms with Gasteiger partial charge in [0.05, 0.1) is 26.4 Å². The first kappa shape index (κ1) is 14.1. The van der Waals surface area contributed by atoms with E-state index >= 15 is 0 Å². The van der Waals surface area contributed by atoms with Crippen LogP contribution in [-0.2, 0) is 20.8 Å². The van der Waals surface area contributed by atoms with Crippen molar-refractivity contribution in [2.75, 3.05) is 19.8 Å². The molecule has 0 bridgehead atoms. The van der Waals surface area contributed by atoms with Crippen LogP contribution in [0.5, 0.6) is 0 Å². The van der Waals surface area contributed by atoms with Crippen molar-refractivity contribution in [2.24, 2.45) is 0 Å². The lowest BCUT2D eigenvalue weighted by Gasteiger charge is -2.21. The summed E-state index contributed by atoms with van der Waals surface area (Å²) in [6.07, 6.45) is -0.493. The highest BCUT2D eigenvalue weighted by atomic mass is 16.6. The van der Waals surface area contributed by atoms with Crippen LogP contribution in [0.4, 0.5) is 0 Å². The zero-order valence-electron chi connectivity index (χ0n) is 12.4. The van der Waals surface area contributed by atoms with E-state index in [-0.39, 0.29) is 5.91 Å². The fraction of sp³-hybridized carbons (Fsp3) is 0.438. The number of amides is 1. The minimum atomic E-state index is -0.493. The molecule has 2 N–H and O–H groups in total. The van der Waals surface area contributed by atoms with Crippen molar-refractivity contribution < 1.29 is 14.3 Å². The zero-order valence-corrected chi connectivity index (χ0v) is 12.4. The summed E-state index contributed by atoms with van der Waals surface area (Å²) in [5.41, 5.74) is 4.61. The van der Waals surface area contributed by atoms with Crippen LogP contribution in [-0.4, -0.2) is 36.8 Å². The number of carbonyl (C=O) groups excluding carboxylic acids is 1. The molecule has 5 heteroatoms. The third-order valence-corrected chi connectivity index (χ3v) is 3.85. The summed E-state index contributed by atoms with van der Waals surface area (Å²) in [5.74, 6) is -0.124. The van der Waals surface area contributed by atoms with Gasteiger partial charge in [0.15, 0.2) is 6.10 Å². The Morgan fingerprint density at radius 3 is 2.86 bits per heavy atom. The summed E-state index contributed by atoms with van der Waals surface area (Å²) in [6.45, 7) is 6.02. The smallest absolute Gasteiger partial charge is 0.251 e. The molecule has 1 aliphatic rings. The maximum atomic E-state index is 12.0. The molecule has 2 heterocycles. The second-order valence-corrected chi connectivity index (χ2v) is 5.47. The molecule has 1 atom stereocenters. The molecule has 1 aliphatic heterocycles. The topological polar surface area (TPSA) is 63.4 Å². The third kappa shape index (κ3) is 3.09. The van der Waals surface area contributed by atoms with Crippen LogP contribution < -0.4 is 5.32 Å². The Morgan fingerprint density at radius 2 is 2.10 bits per heavy atom. The van der Waals surface area contributed by atoms with E-state index in [1.165, 1.54) is 16.5 Å². The molecule has 1 unspecified atom stereocenters. The van der Waals surface area contributed by atoms with Crippen molar-refractivity contribution in [3.63, 3.8) is 0 Å². The Bertz CT molecular complexity index is 618. The summed E-state index contributed by atoms with van der Waals surface area (Å²) in [5, 5.41) is 4.05. The van der Waals surface area contributed by atoms with Gasteiger partial charge < -0.3 is 19.8 Å². The molecular formula is C16H20N2O3. The molecule has 112 valence electrons. The molecule has 0 aliphatic carbocycles. The monoisotopic (exact) mass is 288 g/mol. The second-order valence-electron chi connectivity index (χ2n) is 5.47. The van der Waals surface area contributed by atoms with Crippen LogP contribution in [0.25, 0.3) is 10.9 Å². The van der Waals surface area contributed by atoms with Gasteiger partial charge in [-0.2, -0.15) is 0 Å². The number of fused-ring (bicyclic) bond motifs is 1. The van der Waals surface area contributed by atoms with Gasteiger partial charge in [0.2, 0.25) is 0 Å². The van der Waals surface area contributed by atoms with Crippen molar-refractivity contribution in [2.45, 2.75) is 26.5 Å². The first-order chi connectivity index (χ1) is 10.1. The number of ether oxygens (including phenoxy) is 2. The first-order valence-electron chi connectivity index (χ1n) is 7.19. The highest BCUT2D eigenvalue weighted by molar-refractivity contribution is 5.83. The molecule has 3 rings (SSSR count). The molecule has 1 saturated heterocycles. The number of H-pyrrole nitrogens is 1. The molecule has 1 aromatic heterocycles. The lowest BCUT2D eigenvalue weighted by molar-refractivity contribution is -0.147. The molecule has 2 aromatic rings. The standard InChI is InChI=1S/C16H20N2O3/c1-10-5-12-7-13(18-14(12)6-11(10)2)8-17-16(19)15-9-20-3-4-21-15/h5-7,15,18H,3-4,8-9H2,1-2H3,(H,17,19). The fourth-order valence-corrected chi connectivity index (χ4v) is 2.49. The number of aromatic amines is 1. The molecule has 5 nitrogen and oxygen atoms in total. The van der Waals surface area contributed by atoms with E-state index in [2.05, 4.69) is 42.3 Å². The van der Waals surface area contributed by atoms with Crippen molar-refractivity contribution in [3.05, 3.63) is 35.0 Å². The largest absolute Gasteiger partial charge is 0.376 e. The van der Waals surface area contributed by atoms with Crippen LogP contribution in [0.15, 0.2) is 18.2 Å². The maximum absolute atomic E-state index is 12.0. The minimum Gasteiger partial charge on any atom is -0.376 e. The van der Waals surface area contributed by atoms with E-state index in [9.17, 15) is 4.79 Å². The van der Waals surface area contributed by atoms with Crippen LogP contribution in [0.3, 0.4) is 0 Å². The van der Waals surface area contributed by atoms with E-state index in [0.717, 1.165) is 11.2 Å². The van der Waals surface area contributed by atoms with Crippen molar-refractivity contribution in [3.8, 4) is 0 Å². The Balaban J connectivity index is 1.66. The van der Waals surface area contributed by atoms with Crippen LogP contribution in [0, 0.1) is 13.8 Å². The summed E-state index contributed by atoms with van der Waals surface area (Å²) < 4.78 is 10.6. The van der Waals surface area contributed by atoms with Gasteiger partial charge in [-0.05, 0) is 48.6 Å². The van der Waals surface area contributed by atoms with Gasteiger partial charge >= 0.3 is 0 Å². The molecule has 0 radical (unpaired) electrons. The number of nitrogens with one attached hydrogen (secondary N) is 2. The Kier molecular flexibility index (Phi) is 3.94. The highest BCUT2D eigenvalue weighted by Crippen LogP contribution is 2.20. The lowest BCUT2D eigenvalue weighted by atomic mass is 10.1. The average Bonchev–Trinajstić information content (AvgIpc) is 2.88. The molecular weight excluding hydrogens is 268 g/mol. The van der Waals surface area contributed by atoms with Gasteiger partial charge in [0.25, 0.3) is 5.91 Å². The highest BCUT2D eigenvalue weighted by Gasteiger charge is 2.22. The Morgan fingerprint density at radius 1 is 1.29 bits per heavy atom. The normalized spacial score (nSPS) is 18.9. The third-order valence-electron chi connectivity index (χ3n) is 3.85. The van der Waals surface area contributed by atoms with E-state index in [1.807, 2.05) is 0 Å². The van der Waals surface area contributed by atoms with E-state index in [4.69, 9.17) is 9.47 Å².